The average Bonchev–Trinajstić information content (AvgIpc) is 3.03. The van der Waals surface area contributed by atoms with Crippen molar-refractivity contribution in [1.82, 2.24) is 10.2 Å². The number of hydrogen-bond donors (Lipinski definition) is 2. The predicted molar refractivity (Wildman–Crippen MR) is 97.9 cm³/mol. The third kappa shape index (κ3) is 3.32. The Morgan fingerprint density at radius 1 is 1.22 bits per heavy atom. The number of fused-ring (bicyclic) bond motifs is 1. The van der Waals surface area contributed by atoms with Gasteiger partial charge in [0.25, 0.3) is 5.91 Å². The van der Waals surface area contributed by atoms with Gasteiger partial charge in [0.1, 0.15) is 17.9 Å². The number of nitrogens with one attached hydrogen (secondary N) is 1. The van der Waals surface area contributed by atoms with Gasteiger partial charge in [-0.05, 0) is 48.4 Å². The molecule has 7 nitrogen and oxygen atoms in total. The van der Waals surface area contributed by atoms with E-state index in [1.807, 2.05) is 6.07 Å². The molecule has 1 saturated carbocycles. The van der Waals surface area contributed by atoms with Crippen LogP contribution in [0.25, 0.3) is 0 Å². The fourth-order valence-electron chi connectivity index (χ4n) is 4.48. The average molecular weight is 371 g/mol. The summed E-state index contributed by atoms with van der Waals surface area (Å²) in [5.41, 5.74) is 7.82. The Labute approximate surface area is 158 Å². The van der Waals surface area contributed by atoms with Crippen molar-refractivity contribution >= 4 is 17.7 Å². The van der Waals surface area contributed by atoms with Gasteiger partial charge in [-0.2, -0.15) is 0 Å². The van der Waals surface area contributed by atoms with Gasteiger partial charge in [0.05, 0.1) is 0 Å². The maximum Gasteiger partial charge on any atom is 0.255 e. The summed E-state index contributed by atoms with van der Waals surface area (Å²) in [6, 6.07) is 4.82. The van der Waals surface area contributed by atoms with E-state index in [0.29, 0.717) is 24.3 Å². The zero-order valence-corrected chi connectivity index (χ0v) is 15.7. The van der Waals surface area contributed by atoms with E-state index in [1.165, 1.54) is 0 Å². The molecule has 3 amide bonds. The first-order valence-electron chi connectivity index (χ1n) is 9.43. The number of carbonyl (C=O) groups is 3. The summed E-state index contributed by atoms with van der Waals surface area (Å²) in [6.07, 6.45) is 2.39. The van der Waals surface area contributed by atoms with Crippen LogP contribution >= 0.6 is 0 Å². The van der Waals surface area contributed by atoms with Crippen molar-refractivity contribution in [3.8, 4) is 5.75 Å². The first-order chi connectivity index (χ1) is 12.7. The van der Waals surface area contributed by atoms with Gasteiger partial charge in [-0.15, -0.1) is 0 Å². The minimum Gasteiger partial charge on any atom is -0.489 e. The Balaban J connectivity index is 1.50. The van der Waals surface area contributed by atoms with Crippen LogP contribution < -0.4 is 15.8 Å². The first kappa shape index (κ1) is 18.0. The lowest BCUT2D eigenvalue weighted by Crippen LogP contribution is -2.52. The van der Waals surface area contributed by atoms with Crippen LogP contribution in [0.1, 0.15) is 55.5 Å². The zero-order chi connectivity index (χ0) is 19.3. The summed E-state index contributed by atoms with van der Waals surface area (Å²) in [5, 5.41) is 2.32. The van der Waals surface area contributed by atoms with Crippen LogP contribution in [-0.2, 0) is 16.1 Å². The molecule has 3 N–H and O–H groups in total. The normalized spacial score (nSPS) is 29.7. The third-order valence-corrected chi connectivity index (χ3v) is 5.80. The summed E-state index contributed by atoms with van der Waals surface area (Å²) < 4.78 is 6.12. The highest BCUT2D eigenvalue weighted by molar-refractivity contribution is 6.05. The molecule has 27 heavy (non-hydrogen) atoms. The smallest absolute Gasteiger partial charge is 0.255 e. The van der Waals surface area contributed by atoms with Crippen molar-refractivity contribution in [2.75, 3.05) is 0 Å². The fourth-order valence-corrected chi connectivity index (χ4v) is 4.48. The Bertz CT molecular complexity index is 819. The number of piperidine rings is 1. The molecule has 2 heterocycles. The van der Waals surface area contributed by atoms with Gasteiger partial charge >= 0.3 is 0 Å². The number of nitrogens with two attached hydrogens (primary N) is 1. The number of amides is 3. The molecule has 1 unspecified atom stereocenters. The van der Waals surface area contributed by atoms with Gasteiger partial charge in [-0.3, -0.25) is 19.7 Å². The Morgan fingerprint density at radius 3 is 2.67 bits per heavy atom. The highest BCUT2D eigenvalue weighted by atomic mass is 16.5. The van der Waals surface area contributed by atoms with Gasteiger partial charge in [0, 0.05) is 24.6 Å². The number of nitrogens with zero attached hydrogens (tertiary/aromatic N) is 1. The topological polar surface area (TPSA) is 102 Å². The van der Waals surface area contributed by atoms with Gasteiger partial charge in [0.2, 0.25) is 11.8 Å². The minimum atomic E-state index is -0.601. The number of hydrogen-bond acceptors (Lipinski definition) is 5. The van der Waals surface area contributed by atoms with Gasteiger partial charge in [-0.25, -0.2) is 0 Å². The molecule has 0 aromatic heterocycles. The van der Waals surface area contributed by atoms with Gasteiger partial charge in [0.15, 0.2) is 0 Å². The van der Waals surface area contributed by atoms with Crippen molar-refractivity contribution < 1.29 is 19.1 Å². The molecule has 1 saturated heterocycles. The Kier molecular flexibility index (Phi) is 4.22. The van der Waals surface area contributed by atoms with Crippen molar-refractivity contribution in [2.24, 2.45) is 11.1 Å². The molecule has 0 bridgehead atoms. The molecular weight excluding hydrogens is 346 g/mol. The summed E-state index contributed by atoms with van der Waals surface area (Å²) in [4.78, 5) is 37.7. The molecular formula is C20H25N3O4. The van der Waals surface area contributed by atoms with E-state index in [9.17, 15) is 14.4 Å². The van der Waals surface area contributed by atoms with Crippen LogP contribution in [0.4, 0.5) is 0 Å². The van der Waals surface area contributed by atoms with E-state index in [4.69, 9.17) is 10.5 Å². The molecule has 0 spiro atoms. The lowest BCUT2D eigenvalue weighted by atomic mass is 9.92. The van der Waals surface area contributed by atoms with E-state index in [0.717, 1.165) is 18.4 Å². The van der Waals surface area contributed by atoms with Crippen molar-refractivity contribution in [3.05, 3.63) is 29.3 Å². The zero-order valence-electron chi connectivity index (χ0n) is 15.7. The van der Waals surface area contributed by atoms with E-state index in [2.05, 4.69) is 19.2 Å². The van der Waals surface area contributed by atoms with Crippen molar-refractivity contribution in [2.45, 2.75) is 64.3 Å². The third-order valence-electron chi connectivity index (χ3n) is 5.80. The molecule has 7 heteroatoms. The summed E-state index contributed by atoms with van der Waals surface area (Å²) in [5.74, 6) is -0.162. The van der Waals surface area contributed by atoms with Gasteiger partial charge < -0.3 is 15.4 Å². The van der Waals surface area contributed by atoms with Crippen LogP contribution in [0.3, 0.4) is 0 Å². The Morgan fingerprint density at radius 2 is 2.00 bits per heavy atom. The molecule has 0 radical (unpaired) electrons. The number of imide groups is 1. The summed E-state index contributed by atoms with van der Waals surface area (Å²) in [7, 11) is 0. The second kappa shape index (κ2) is 6.34. The van der Waals surface area contributed by atoms with Gasteiger partial charge in [-0.1, -0.05) is 13.8 Å². The van der Waals surface area contributed by atoms with E-state index in [-0.39, 0.29) is 35.8 Å². The number of carbonyl (C=O) groups excluding carboxylic acids is 3. The lowest BCUT2D eigenvalue weighted by molar-refractivity contribution is -0.136. The lowest BCUT2D eigenvalue weighted by Gasteiger charge is -2.29. The van der Waals surface area contributed by atoms with E-state index in [1.54, 1.807) is 17.0 Å². The monoisotopic (exact) mass is 371 g/mol. The van der Waals surface area contributed by atoms with Crippen molar-refractivity contribution in [3.63, 3.8) is 0 Å². The molecule has 1 aromatic carbocycles. The molecule has 144 valence electrons. The van der Waals surface area contributed by atoms with Crippen molar-refractivity contribution in [1.29, 1.82) is 0 Å². The summed E-state index contributed by atoms with van der Waals surface area (Å²) in [6.45, 7) is 4.73. The number of rotatable bonds is 3. The molecule has 3 atom stereocenters. The predicted octanol–water partition coefficient (Wildman–Crippen LogP) is 1.34. The molecule has 1 aromatic rings. The maximum absolute atomic E-state index is 12.7. The largest absolute Gasteiger partial charge is 0.489 e. The Hall–Kier alpha value is -2.41. The quantitative estimate of drug-likeness (QED) is 0.781. The molecule has 1 aliphatic carbocycles. The van der Waals surface area contributed by atoms with Crippen LogP contribution in [0.2, 0.25) is 0 Å². The van der Waals surface area contributed by atoms with E-state index < -0.39 is 11.9 Å². The standard InChI is InChI=1S/C20H25N3O4/c1-20(2)8-14(21)16(9-20)27-12-3-4-13-11(7-12)10-23(19(13)26)15-5-6-17(24)22-18(15)25/h3-4,7,14-16H,5-6,8-10,21H2,1-2H3,(H,22,24,25)/t14-,15?,16-/m0/s1. The highest BCUT2D eigenvalue weighted by Crippen LogP contribution is 2.39. The van der Waals surface area contributed by atoms with Crippen LogP contribution in [-0.4, -0.2) is 40.8 Å². The SMILES string of the molecule is CC1(C)C[C@H](Oc2ccc3c(c2)CN(C2CCC(=O)NC2=O)C3=O)[C@@H](N)C1. The van der Waals surface area contributed by atoms with Crippen LogP contribution in [0.5, 0.6) is 5.75 Å². The number of benzene rings is 1. The van der Waals surface area contributed by atoms with Crippen LogP contribution in [0, 0.1) is 5.41 Å². The van der Waals surface area contributed by atoms with Crippen LogP contribution in [0.15, 0.2) is 18.2 Å². The first-order valence-corrected chi connectivity index (χ1v) is 9.43. The minimum absolute atomic E-state index is 0.00476. The van der Waals surface area contributed by atoms with E-state index >= 15 is 0 Å². The summed E-state index contributed by atoms with van der Waals surface area (Å²) >= 11 is 0. The second-order valence-electron chi connectivity index (χ2n) is 8.61. The molecule has 2 fully saturated rings. The molecule has 2 aliphatic heterocycles. The highest BCUT2D eigenvalue weighted by Gasteiger charge is 2.40. The molecule has 4 rings (SSSR count). The maximum atomic E-state index is 12.7. The fraction of sp³-hybridized carbons (Fsp3) is 0.550. The molecule has 3 aliphatic rings. The number of ether oxygens (including phenoxy) is 1. The second-order valence-corrected chi connectivity index (χ2v) is 8.61.